The number of aryl methyl sites for hydroxylation is 1. The van der Waals surface area contributed by atoms with Crippen molar-refractivity contribution in [1.82, 2.24) is 10.2 Å². The minimum atomic E-state index is 0.672. The minimum absolute atomic E-state index is 0.672. The largest absolute Gasteiger partial charge is 0.311 e. The average Bonchev–Trinajstić information content (AvgIpc) is 2.45. The summed E-state index contributed by atoms with van der Waals surface area (Å²) in [5.74, 6) is 0.777. The zero-order valence-corrected chi connectivity index (χ0v) is 14.2. The van der Waals surface area contributed by atoms with Crippen molar-refractivity contribution in [3.63, 3.8) is 0 Å². The topological polar surface area (TPSA) is 15.3 Å². The molecule has 2 nitrogen and oxygen atoms in total. The standard InChI is InChI=1S/C19H32N2/c1-5-19-13-20-18(11-15(2)3)14-21(19)10-9-17-8-6-7-16(4)12-17/h6-8,12,15,18-20H,5,9-11,13-14H2,1-4H3. The molecule has 21 heavy (non-hydrogen) atoms. The molecule has 0 radical (unpaired) electrons. The molecule has 0 aromatic heterocycles. The number of hydrogen-bond donors (Lipinski definition) is 1. The molecule has 2 unspecified atom stereocenters. The lowest BCUT2D eigenvalue weighted by atomic mass is 9.98. The molecule has 1 aromatic rings. The van der Waals surface area contributed by atoms with E-state index in [1.165, 1.54) is 43.5 Å². The highest BCUT2D eigenvalue weighted by Gasteiger charge is 2.26. The molecule has 1 fully saturated rings. The minimum Gasteiger partial charge on any atom is -0.311 e. The first-order valence-corrected chi connectivity index (χ1v) is 8.61. The molecule has 0 spiro atoms. The van der Waals surface area contributed by atoms with Gasteiger partial charge in [-0.1, -0.05) is 50.6 Å². The van der Waals surface area contributed by atoms with Gasteiger partial charge in [-0.15, -0.1) is 0 Å². The van der Waals surface area contributed by atoms with E-state index in [4.69, 9.17) is 0 Å². The van der Waals surface area contributed by atoms with Crippen LogP contribution in [0.2, 0.25) is 0 Å². The van der Waals surface area contributed by atoms with E-state index in [9.17, 15) is 0 Å². The second-order valence-electron chi connectivity index (χ2n) is 7.03. The van der Waals surface area contributed by atoms with Gasteiger partial charge < -0.3 is 5.32 Å². The van der Waals surface area contributed by atoms with E-state index in [0.717, 1.165) is 12.5 Å². The number of nitrogens with one attached hydrogen (secondary N) is 1. The predicted octanol–water partition coefficient (Wildman–Crippen LogP) is 3.64. The van der Waals surface area contributed by atoms with E-state index < -0.39 is 0 Å². The van der Waals surface area contributed by atoms with Crippen LogP contribution in [0.3, 0.4) is 0 Å². The monoisotopic (exact) mass is 288 g/mol. The summed E-state index contributed by atoms with van der Waals surface area (Å²) in [7, 11) is 0. The number of hydrogen-bond acceptors (Lipinski definition) is 2. The number of benzene rings is 1. The number of piperazine rings is 1. The van der Waals surface area contributed by atoms with Gasteiger partial charge in [-0.2, -0.15) is 0 Å². The summed E-state index contributed by atoms with van der Waals surface area (Å²) in [6, 6.07) is 10.3. The van der Waals surface area contributed by atoms with Crippen LogP contribution in [-0.2, 0) is 6.42 Å². The van der Waals surface area contributed by atoms with Crippen LogP contribution in [0.5, 0.6) is 0 Å². The molecular weight excluding hydrogens is 256 g/mol. The Morgan fingerprint density at radius 3 is 2.81 bits per heavy atom. The van der Waals surface area contributed by atoms with Gasteiger partial charge in [0.15, 0.2) is 0 Å². The average molecular weight is 288 g/mol. The van der Waals surface area contributed by atoms with Crippen molar-refractivity contribution < 1.29 is 0 Å². The molecule has 2 rings (SSSR count). The van der Waals surface area contributed by atoms with Crippen LogP contribution in [0.15, 0.2) is 24.3 Å². The summed E-state index contributed by atoms with van der Waals surface area (Å²) in [6.45, 7) is 12.7. The second-order valence-corrected chi connectivity index (χ2v) is 7.03. The fraction of sp³-hybridized carbons (Fsp3) is 0.684. The highest BCUT2D eigenvalue weighted by molar-refractivity contribution is 5.22. The van der Waals surface area contributed by atoms with E-state index in [1.54, 1.807) is 0 Å². The summed E-state index contributed by atoms with van der Waals surface area (Å²) >= 11 is 0. The zero-order chi connectivity index (χ0) is 15.2. The third kappa shape index (κ3) is 5.12. The Hall–Kier alpha value is -0.860. The summed E-state index contributed by atoms with van der Waals surface area (Å²) in [6.07, 6.45) is 3.71. The van der Waals surface area contributed by atoms with Crippen LogP contribution in [0.25, 0.3) is 0 Å². The van der Waals surface area contributed by atoms with Crippen LogP contribution in [0.1, 0.15) is 44.7 Å². The van der Waals surface area contributed by atoms with E-state index in [1.807, 2.05) is 0 Å². The van der Waals surface area contributed by atoms with Crippen LogP contribution in [-0.4, -0.2) is 36.6 Å². The Morgan fingerprint density at radius 1 is 1.33 bits per heavy atom. The third-order valence-corrected chi connectivity index (χ3v) is 4.61. The summed E-state index contributed by atoms with van der Waals surface area (Å²) in [5.41, 5.74) is 2.85. The summed E-state index contributed by atoms with van der Waals surface area (Å²) in [5, 5.41) is 3.75. The molecule has 1 heterocycles. The molecule has 1 aliphatic rings. The van der Waals surface area contributed by atoms with Gasteiger partial charge in [0.05, 0.1) is 0 Å². The maximum absolute atomic E-state index is 3.75. The van der Waals surface area contributed by atoms with Crippen molar-refractivity contribution in [2.45, 2.75) is 59.0 Å². The van der Waals surface area contributed by atoms with Gasteiger partial charge in [0.25, 0.3) is 0 Å². The van der Waals surface area contributed by atoms with Crippen molar-refractivity contribution in [3.05, 3.63) is 35.4 Å². The Morgan fingerprint density at radius 2 is 2.14 bits per heavy atom. The van der Waals surface area contributed by atoms with Gasteiger partial charge in [-0.3, -0.25) is 4.90 Å². The van der Waals surface area contributed by atoms with E-state index >= 15 is 0 Å². The Kier molecular flexibility index (Phi) is 6.25. The van der Waals surface area contributed by atoms with Crippen LogP contribution < -0.4 is 5.32 Å². The molecule has 2 heteroatoms. The van der Waals surface area contributed by atoms with Gasteiger partial charge in [-0.25, -0.2) is 0 Å². The lowest BCUT2D eigenvalue weighted by Crippen LogP contribution is -2.56. The van der Waals surface area contributed by atoms with E-state index in [2.05, 4.69) is 62.2 Å². The fourth-order valence-electron chi connectivity index (χ4n) is 3.47. The number of rotatable bonds is 6. The predicted molar refractivity (Wildman–Crippen MR) is 91.8 cm³/mol. The van der Waals surface area contributed by atoms with Crippen LogP contribution in [0, 0.1) is 12.8 Å². The normalized spacial score (nSPS) is 23.7. The smallest absolute Gasteiger partial charge is 0.0218 e. The first kappa shape index (κ1) is 16.5. The lowest BCUT2D eigenvalue weighted by molar-refractivity contribution is 0.120. The van der Waals surface area contributed by atoms with Gasteiger partial charge in [0.1, 0.15) is 0 Å². The zero-order valence-electron chi connectivity index (χ0n) is 14.2. The molecule has 0 saturated carbocycles. The van der Waals surface area contributed by atoms with Gasteiger partial charge in [0.2, 0.25) is 0 Å². The Bertz CT molecular complexity index is 427. The molecular formula is C19H32N2. The van der Waals surface area contributed by atoms with Crippen molar-refractivity contribution in [3.8, 4) is 0 Å². The quantitative estimate of drug-likeness (QED) is 0.860. The Balaban J connectivity index is 1.91. The van der Waals surface area contributed by atoms with Gasteiger partial charge in [0, 0.05) is 31.7 Å². The van der Waals surface area contributed by atoms with Crippen LogP contribution in [0.4, 0.5) is 0 Å². The molecule has 1 aromatic carbocycles. The van der Waals surface area contributed by atoms with Crippen molar-refractivity contribution >= 4 is 0 Å². The SMILES string of the molecule is CCC1CNC(CC(C)C)CN1CCc1cccc(C)c1. The molecule has 0 bridgehead atoms. The molecule has 1 N–H and O–H groups in total. The lowest BCUT2D eigenvalue weighted by Gasteiger charge is -2.40. The molecule has 0 aliphatic carbocycles. The van der Waals surface area contributed by atoms with E-state index in [-0.39, 0.29) is 0 Å². The fourth-order valence-corrected chi connectivity index (χ4v) is 3.47. The maximum atomic E-state index is 3.75. The molecule has 2 atom stereocenters. The molecule has 0 amide bonds. The van der Waals surface area contributed by atoms with Gasteiger partial charge >= 0.3 is 0 Å². The first-order valence-electron chi connectivity index (χ1n) is 8.61. The highest BCUT2D eigenvalue weighted by atomic mass is 15.2. The summed E-state index contributed by atoms with van der Waals surface area (Å²) < 4.78 is 0. The van der Waals surface area contributed by atoms with Crippen LogP contribution >= 0.6 is 0 Å². The van der Waals surface area contributed by atoms with Gasteiger partial charge in [-0.05, 0) is 37.7 Å². The summed E-state index contributed by atoms with van der Waals surface area (Å²) in [4.78, 5) is 2.71. The molecule has 1 saturated heterocycles. The highest BCUT2D eigenvalue weighted by Crippen LogP contribution is 2.16. The van der Waals surface area contributed by atoms with Crippen molar-refractivity contribution in [1.29, 1.82) is 0 Å². The van der Waals surface area contributed by atoms with E-state index in [0.29, 0.717) is 12.1 Å². The Labute approximate surface area is 130 Å². The third-order valence-electron chi connectivity index (χ3n) is 4.61. The second kappa shape index (κ2) is 7.95. The maximum Gasteiger partial charge on any atom is 0.0218 e. The van der Waals surface area contributed by atoms with Crippen molar-refractivity contribution in [2.75, 3.05) is 19.6 Å². The first-order chi connectivity index (χ1) is 10.1. The number of nitrogens with zero attached hydrogens (tertiary/aromatic N) is 1. The molecule has 118 valence electrons. The van der Waals surface area contributed by atoms with Crippen molar-refractivity contribution in [2.24, 2.45) is 5.92 Å². The molecule has 1 aliphatic heterocycles.